The second kappa shape index (κ2) is 9.84. The highest BCUT2D eigenvalue weighted by atomic mass is 32.1. The molecular weight excluding hydrogens is 518 g/mol. The molecule has 1 N–H and O–H groups in total. The molecule has 1 atom stereocenters. The average Bonchev–Trinajstić information content (AvgIpc) is 3.50. The molecule has 4 heteroatoms. The minimum atomic E-state index is -0.203. The topological polar surface area (TPSA) is 37.3 Å². The van der Waals surface area contributed by atoms with Gasteiger partial charge in [0.05, 0.1) is 15.9 Å². The molecule has 0 saturated carbocycles. The predicted molar refractivity (Wildman–Crippen MR) is 173 cm³/mol. The van der Waals surface area contributed by atoms with Crippen molar-refractivity contribution in [3.8, 4) is 10.6 Å². The highest BCUT2D eigenvalue weighted by Crippen LogP contribution is 2.38. The highest BCUT2D eigenvalue weighted by Gasteiger charge is 2.20. The molecule has 41 heavy (non-hydrogen) atoms. The van der Waals surface area contributed by atoms with Crippen LogP contribution in [0, 0.1) is 0 Å². The van der Waals surface area contributed by atoms with Crippen LogP contribution in [0.25, 0.3) is 48.0 Å². The third-order valence-corrected chi connectivity index (χ3v) is 8.78. The zero-order valence-electron chi connectivity index (χ0n) is 22.2. The van der Waals surface area contributed by atoms with Gasteiger partial charge in [-0.1, -0.05) is 121 Å². The second-order valence-electron chi connectivity index (χ2n) is 10.3. The van der Waals surface area contributed by atoms with Gasteiger partial charge in [0, 0.05) is 16.6 Å². The highest BCUT2D eigenvalue weighted by molar-refractivity contribution is 7.21. The molecule has 1 unspecified atom stereocenters. The molecule has 7 aromatic rings. The first kappa shape index (κ1) is 23.8. The van der Waals surface area contributed by atoms with Crippen LogP contribution < -0.4 is 5.32 Å². The van der Waals surface area contributed by atoms with Crippen LogP contribution in [0.2, 0.25) is 0 Å². The van der Waals surface area contributed by atoms with E-state index in [9.17, 15) is 0 Å². The van der Waals surface area contributed by atoms with E-state index < -0.39 is 0 Å². The van der Waals surface area contributed by atoms with Crippen molar-refractivity contribution in [3.63, 3.8) is 0 Å². The Morgan fingerprint density at radius 1 is 0.610 bits per heavy atom. The minimum absolute atomic E-state index is 0.203. The number of nitrogens with one attached hydrogen (secondary N) is 1. The molecule has 0 radical (unpaired) electrons. The smallest absolute Gasteiger partial charge is 0.145 e. The molecule has 194 valence electrons. The van der Waals surface area contributed by atoms with Gasteiger partial charge in [-0.2, -0.15) is 0 Å². The van der Waals surface area contributed by atoms with Crippen LogP contribution in [0.1, 0.15) is 22.9 Å². The van der Waals surface area contributed by atoms with Gasteiger partial charge < -0.3 is 5.32 Å². The van der Waals surface area contributed by atoms with Crippen molar-refractivity contribution in [2.24, 2.45) is 4.99 Å². The van der Waals surface area contributed by atoms with E-state index in [-0.39, 0.29) is 6.17 Å². The third-order valence-electron chi connectivity index (χ3n) is 7.71. The van der Waals surface area contributed by atoms with Crippen molar-refractivity contribution < 1.29 is 0 Å². The zero-order valence-corrected chi connectivity index (χ0v) is 23.0. The second-order valence-corrected chi connectivity index (χ2v) is 11.3. The van der Waals surface area contributed by atoms with Crippen LogP contribution in [-0.4, -0.2) is 10.7 Å². The van der Waals surface area contributed by atoms with Gasteiger partial charge in [-0.05, 0) is 51.1 Å². The maximum absolute atomic E-state index is 5.17. The number of hydrogen-bond donors (Lipinski definition) is 1. The number of allylic oxidation sites excluding steroid dienone is 1. The van der Waals surface area contributed by atoms with Crippen molar-refractivity contribution in [1.29, 1.82) is 0 Å². The van der Waals surface area contributed by atoms with E-state index in [4.69, 9.17) is 9.98 Å². The minimum Gasteiger partial charge on any atom is -0.360 e. The fraction of sp³-hybridized carbons (Fsp3) is 0.0270. The lowest BCUT2D eigenvalue weighted by molar-refractivity contribution is 0.665. The van der Waals surface area contributed by atoms with Crippen LogP contribution >= 0.6 is 11.3 Å². The Morgan fingerprint density at radius 2 is 1.27 bits per heavy atom. The van der Waals surface area contributed by atoms with E-state index in [0.29, 0.717) is 0 Å². The predicted octanol–water partition coefficient (Wildman–Crippen LogP) is 9.40. The molecule has 2 heterocycles. The summed E-state index contributed by atoms with van der Waals surface area (Å²) in [5.74, 6) is 0. The lowest BCUT2D eigenvalue weighted by Crippen LogP contribution is -2.24. The fourth-order valence-electron chi connectivity index (χ4n) is 5.68. The molecule has 1 aliphatic rings. The summed E-state index contributed by atoms with van der Waals surface area (Å²) in [6.45, 7) is 0. The Kier molecular flexibility index (Phi) is 5.71. The SMILES string of the molecule is C1=C(c2ccccc2)NC(c2ccc3c(ccc4ccc5sc(-c6ccccc6)nc5c43)c2)N=C1c1ccccc1. The van der Waals surface area contributed by atoms with Crippen LogP contribution in [0.4, 0.5) is 0 Å². The van der Waals surface area contributed by atoms with Crippen molar-refractivity contribution in [2.45, 2.75) is 6.17 Å². The summed E-state index contributed by atoms with van der Waals surface area (Å²) >= 11 is 1.75. The monoisotopic (exact) mass is 543 g/mol. The van der Waals surface area contributed by atoms with Crippen LogP contribution in [0.5, 0.6) is 0 Å². The molecule has 1 aliphatic heterocycles. The summed E-state index contributed by atoms with van der Waals surface area (Å²) in [6.07, 6.45) is 1.95. The van der Waals surface area contributed by atoms with Crippen molar-refractivity contribution >= 4 is 54.5 Å². The molecule has 8 rings (SSSR count). The standard InChI is InChI=1S/C37H25N3S/c1-4-10-24(11-5-1)31-23-32(25-12-6-2-7-13-25)39-36(38-31)29-18-20-30-28(22-29)17-16-26-19-21-33-35(34(26)30)40-37(41-33)27-14-8-3-9-15-27/h1-23,36,38H. The van der Waals surface area contributed by atoms with Crippen molar-refractivity contribution in [1.82, 2.24) is 10.3 Å². The Labute approximate surface area is 242 Å². The fourth-order valence-corrected chi connectivity index (χ4v) is 6.66. The van der Waals surface area contributed by atoms with Crippen molar-refractivity contribution in [2.75, 3.05) is 0 Å². The van der Waals surface area contributed by atoms with E-state index in [1.807, 2.05) is 18.2 Å². The molecule has 6 aromatic carbocycles. The maximum atomic E-state index is 5.17. The summed E-state index contributed by atoms with van der Waals surface area (Å²) in [5.41, 5.74) is 7.65. The zero-order chi connectivity index (χ0) is 27.2. The van der Waals surface area contributed by atoms with Gasteiger partial charge in [-0.3, -0.25) is 4.99 Å². The molecule has 0 amide bonds. The third kappa shape index (κ3) is 4.30. The van der Waals surface area contributed by atoms with Crippen molar-refractivity contribution in [3.05, 3.63) is 156 Å². The van der Waals surface area contributed by atoms with Crippen LogP contribution in [0.3, 0.4) is 0 Å². The van der Waals surface area contributed by atoms with Gasteiger partial charge in [0.25, 0.3) is 0 Å². The number of nitrogens with zero attached hydrogens (tertiary/aromatic N) is 2. The van der Waals surface area contributed by atoms with Gasteiger partial charge in [0.15, 0.2) is 0 Å². The lowest BCUT2D eigenvalue weighted by atomic mass is 9.97. The Balaban J connectivity index is 1.25. The summed E-state index contributed by atoms with van der Waals surface area (Å²) < 4.78 is 1.21. The van der Waals surface area contributed by atoms with Gasteiger partial charge in [0.2, 0.25) is 0 Å². The Bertz CT molecular complexity index is 2110. The normalized spacial score (nSPS) is 15.1. The van der Waals surface area contributed by atoms with Crippen LogP contribution in [0.15, 0.2) is 145 Å². The van der Waals surface area contributed by atoms with Crippen LogP contribution in [-0.2, 0) is 0 Å². The van der Waals surface area contributed by atoms with Gasteiger partial charge in [0.1, 0.15) is 11.2 Å². The van der Waals surface area contributed by atoms with E-state index in [2.05, 4.69) is 127 Å². The molecular formula is C37H25N3S. The number of benzene rings is 6. The molecule has 0 spiro atoms. The average molecular weight is 544 g/mol. The first-order chi connectivity index (χ1) is 20.3. The molecule has 0 saturated heterocycles. The first-order valence-corrected chi connectivity index (χ1v) is 14.6. The largest absolute Gasteiger partial charge is 0.360 e. The molecule has 0 bridgehead atoms. The molecule has 1 aromatic heterocycles. The summed E-state index contributed by atoms with van der Waals surface area (Å²) in [7, 11) is 0. The molecule has 0 aliphatic carbocycles. The van der Waals surface area contributed by atoms with E-state index in [0.717, 1.165) is 44.2 Å². The van der Waals surface area contributed by atoms with E-state index >= 15 is 0 Å². The number of aromatic nitrogens is 1. The summed E-state index contributed by atoms with van der Waals surface area (Å²) in [5, 5.41) is 9.57. The molecule has 3 nitrogen and oxygen atoms in total. The van der Waals surface area contributed by atoms with Gasteiger partial charge >= 0.3 is 0 Å². The first-order valence-electron chi connectivity index (χ1n) is 13.8. The number of rotatable bonds is 4. The Hall–Kier alpha value is -5.06. The summed E-state index contributed by atoms with van der Waals surface area (Å²) in [4.78, 5) is 10.3. The van der Waals surface area contributed by atoms with Gasteiger partial charge in [-0.25, -0.2) is 4.98 Å². The maximum Gasteiger partial charge on any atom is 0.145 e. The summed E-state index contributed by atoms with van der Waals surface area (Å²) in [6, 6.07) is 46.9. The van der Waals surface area contributed by atoms with E-state index in [1.54, 1.807) is 11.3 Å². The Morgan fingerprint density at radius 3 is 2.02 bits per heavy atom. The number of hydrogen-bond acceptors (Lipinski definition) is 4. The van der Waals surface area contributed by atoms with E-state index in [1.165, 1.54) is 26.2 Å². The number of fused-ring (bicyclic) bond motifs is 5. The number of thiazole rings is 1. The quantitative estimate of drug-likeness (QED) is 0.225. The van der Waals surface area contributed by atoms with Gasteiger partial charge in [-0.15, -0.1) is 11.3 Å². The molecule has 0 fully saturated rings. The lowest BCUT2D eigenvalue weighted by Gasteiger charge is -2.25. The number of aliphatic imine (C=N–C) groups is 1.